The van der Waals surface area contributed by atoms with Crippen molar-refractivity contribution in [3.05, 3.63) is 46.3 Å². The number of fused-ring (bicyclic) bond motifs is 2. The summed E-state index contributed by atoms with van der Waals surface area (Å²) in [6.07, 6.45) is 8.58. The van der Waals surface area contributed by atoms with E-state index in [1.54, 1.807) is 11.2 Å². The largest absolute Gasteiger partial charge is 0.369 e. The predicted octanol–water partition coefficient (Wildman–Crippen LogP) is 3.29. The van der Waals surface area contributed by atoms with E-state index in [1.165, 1.54) is 42.1 Å². The number of rotatable bonds is 3. The van der Waals surface area contributed by atoms with Crippen LogP contribution in [-0.2, 0) is 19.4 Å². The number of benzene rings is 1. The Morgan fingerprint density at radius 2 is 1.92 bits per heavy atom. The van der Waals surface area contributed by atoms with E-state index in [9.17, 15) is 0 Å². The fourth-order valence-corrected chi connectivity index (χ4v) is 5.20. The van der Waals surface area contributed by atoms with Crippen LogP contribution in [0.4, 0.5) is 5.69 Å². The van der Waals surface area contributed by atoms with Crippen LogP contribution in [-0.4, -0.2) is 46.0 Å². The molecule has 0 bridgehead atoms. The third kappa shape index (κ3) is 3.19. The molecule has 0 unspecified atom stereocenters. The van der Waals surface area contributed by atoms with Gasteiger partial charge in [-0.2, -0.15) is 0 Å². The first-order valence-electron chi connectivity index (χ1n) is 9.50. The number of hydrogen-bond donors (Lipinski definition) is 0. The van der Waals surface area contributed by atoms with Crippen LogP contribution in [0, 0.1) is 0 Å². The molecule has 0 saturated carbocycles. The van der Waals surface area contributed by atoms with E-state index in [0.717, 1.165) is 43.6 Å². The van der Waals surface area contributed by atoms with Gasteiger partial charge in [0.25, 0.3) is 0 Å². The highest BCUT2D eigenvalue weighted by molar-refractivity contribution is 7.11. The fraction of sp³-hybridized carbons (Fsp3) is 0.450. The number of anilines is 1. The first kappa shape index (κ1) is 16.1. The molecule has 1 aromatic carbocycles. The monoisotopic (exact) mass is 365 g/mol. The van der Waals surface area contributed by atoms with Crippen LogP contribution >= 0.6 is 11.3 Å². The molecule has 1 fully saturated rings. The van der Waals surface area contributed by atoms with Gasteiger partial charge in [0.1, 0.15) is 11.3 Å². The molecular weight excluding hydrogens is 342 g/mol. The Morgan fingerprint density at radius 3 is 2.81 bits per heavy atom. The van der Waals surface area contributed by atoms with Crippen molar-refractivity contribution in [3.63, 3.8) is 0 Å². The zero-order valence-electron chi connectivity index (χ0n) is 14.9. The lowest BCUT2D eigenvalue weighted by atomic mass is 10.0. The van der Waals surface area contributed by atoms with Gasteiger partial charge in [0.05, 0.1) is 17.8 Å². The van der Waals surface area contributed by atoms with Crippen LogP contribution in [0.5, 0.6) is 0 Å². The molecule has 3 aromatic rings. The van der Waals surface area contributed by atoms with Crippen molar-refractivity contribution in [2.75, 3.05) is 31.1 Å². The third-order valence-corrected chi connectivity index (χ3v) is 6.62. The molecule has 1 aliphatic heterocycles. The minimum atomic E-state index is 1.01. The number of hydrogen-bond acceptors (Lipinski definition) is 6. The SMILES string of the molecule is c1ncc2cc(N3CCN(Cc4nc5c(s4)CCCC5)CC3)ccc2n1. The van der Waals surface area contributed by atoms with E-state index in [4.69, 9.17) is 4.98 Å². The fourth-order valence-electron chi connectivity index (χ4n) is 4.00. The smallest absolute Gasteiger partial charge is 0.116 e. The number of aryl methyl sites for hydroxylation is 2. The number of piperazine rings is 1. The highest BCUT2D eigenvalue weighted by Gasteiger charge is 2.20. The quantitative estimate of drug-likeness (QED) is 0.713. The van der Waals surface area contributed by atoms with Crippen LogP contribution in [0.2, 0.25) is 0 Å². The molecule has 2 aliphatic rings. The van der Waals surface area contributed by atoms with Crippen molar-refractivity contribution < 1.29 is 0 Å². The van der Waals surface area contributed by atoms with Crippen molar-refractivity contribution in [2.45, 2.75) is 32.2 Å². The Balaban J connectivity index is 1.23. The molecule has 5 rings (SSSR count). The second kappa shape index (κ2) is 6.93. The Labute approximate surface area is 157 Å². The summed E-state index contributed by atoms with van der Waals surface area (Å²) in [5.41, 5.74) is 3.67. The summed E-state index contributed by atoms with van der Waals surface area (Å²) in [6, 6.07) is 6.48. The topological polar surface area (TPSA) is 45.2 Å². The van der Waals surface area contributed by atoms with Crippen molar-refractivity contribution in [2.24, 2.45) is 0 Å². The lowest BCUT2D eigenvalue weighted by Crippen LogP contribution is -2.45. The highest BCUT2D eigenvalue weighted by atomic mass is 32.1. The third-order valence-electron chi connectivity index (χ3n) is 5.47. The van der Waals surface area contributed by atoms with Crippen LogP contribution in [0.1, 0.15) is 28.4 Å². The molecule has 6 heteroatoms. The molecule has 2 aromatic heterocycles. The maximum absolute atomic E-state index is 4.91. The summed E-state index contributed by atoms with van der Waals surface area (Å²) in [6.45, 7) is 5.31. The molecule has 0 N–H and O–H groups in total. The average Bonchev–Trinajstić information content (AvgIpc) is 3.10. The van der Waals surface area contributed by atoms with E-state index in [2.05, 4.69) is 38.0 Å². The zero-order chi connectivity index (χ0) is 17.3. The number of thiazole rings is 1. The van der Waals surface area contributed by atoms with Crippen molar-refractivity contribution in [1.29, 1.82) is 0 Å². The van der Waals surface area contributed by atoms with Gasteiger partial charge in [-0.15, -0.1) is 11.3 Å². The van der Waals surface area contributed by atoms with E-state index >= 15 is 0 Å². The van der Waals surface area contributed by atoms with Crippen molar-refractivity contribution >= 4 is 27.9 Å². The van der Waals surface area contributed by atoms with Gasteiger partial charge < -0.3 is 4.90 Å². The molecule has 0 spiro atoms. The van der Waals surface area contributed by atoms with Gasteiger partial charge in [0.2, 0.25) is 0 Å². The molecule has 26 heavy (non-hydrogen) atoms. The minimum absolute atomic E-state index is 1.01. The van der Waals surface area contributed by atoms with Gasteiger partial charge in [-0.25, -0.2) is 15.0 Å². The summed E-state index contributed by atoms with van der Waals surface area (Å²) < 4.78 is 0. The van der Waals surface area contributed by atoms with Gasteiger partial charge in [-0.3, -0.25) is 4.90 Å². The molecular formula is C20H23N5S. The second-order valence-corrected chi connectivity index (χ2v) is 8.38. The molecule has 0 radical (unpaired) electrons. The Kier molecular flexibility index (Phi) is 4.30. The zero-order valence-corrected chi connectivity index (χ0v) is 15.7. The van der Waals surface area contributed by atoms with E-state index in [1.807, 2.05) is 17.5 Å². The summed E-state index contributed by atoms with van der Waals surface area (Å²) in [4.78, 5) is 19.9. The summed E-state index contributed by atoms with van der Waals surface area (Å²) in [5.74, 6) is 0. The van der Waals surface area contributed by atoms with E-state index < -0.39 is 0 Å². The lowest BCUT2D eigenvalue weighted by molar-refractivity contribution is 0.249. The first-order chi connectivity index (χ1) is 12.8. The predicted molar refractivity (Wildman–Crippen MR) is 106 cm³/mol. The maximum atomic E-state index is 4.91. The summed E-state index contributed by atoms with van der Waals surface area (Å²) >= 11 is 1.95. The van der Waals surface area contributed by atoms with E-state index in [0.29, 0.717) is 0 Å². The number of nitrogens with zero attached hydrogens (tertiary/aromatic N) is 5. The number of aromatic nitrogens is 3. The molecule has 1 aliphatic carbocycles. The molecule has 0 atom stereocenters. The van der Waals surface area contributed by atoms with Crippen LogP contribution in [0.3, 0.4) is 0 Å². The molecule has 134 valence electrons. The minimum Gasteiger partial charge on any atom is -0.369 e. The standard InChI is InChI=1S/C20H23N5S/c1-2-4-19-18(3-1)23-20(26-19)13-24-7-9-25(10-8-24)16-5-6-17-15(11-16)12-21-14-22-17/h5-6,11-12,14H,1-4,7-10,13H2. The summed E-state index contributed by atoms with van der Waals surface area (Å²) in [5, 5.41) is 2.42. The Hall–Kier alpha value is -2.05. The van der Waals surface area contributed by atoms with Crippen LogP contribution in [0.25, 0.3) is 10.9 Å². The van der Waals surface area contributed by atoms with Crippen LogP contribution in [0.15, 0.2) is 30.7 Å². The van der Waals surface area contributed by atoms with E-state index in [-0.39, 0.29) is 0 Å². The average molecular weight is 366 g/mol. The molecule has 1 saturated heterocycles. The van der Waals surface area contributed by atoms with Gasteiger partial charge in [0, 0.05) is 48.3 Å². The normalized spacial score (nSPS) is 18.2. The highest BCUT2D eigenvalue weighted by Crippen LogP contribution is 2.28. The molecule has 5 nitrogen and oxygen atoms in total. The van der Waals surface area contributed by atoms with Crippen molar-refractivity contribution in [3.8, 4) is 0 Å². The molecule has 0 amide bonds. The Morgan fingerprint density at radius 1 is 1.04 bits per heavy atom. The van der Waals surface area contributed by atoms with Crippen molar-refractivity contribution in [1.82, 2.24) is 19.9 Å². The van der Waals surface area contributed by atoms with Gasteiger partial charge >= 0.3 is 0 Å². The Bertz CT molecular complexity index is 890. The molecule has 3 heterocycles. The second-order valence-electron chi connectivity index (χ2n) is 7.21. The van der Waals surface area contributed by atoms with Crippen LogP contribution < -0.4 is 4.90 Å². The van der Waals surface area contributed by atoms with Gasteiger partial charge in [0.15, 0.2) is 0 Å². The first-order valence-corrected chi connectivity index (χ1v) is 10.3. The summed E-state index contributed by atoms with van der Waals surface area (Å²) in [7, 11) is 0. The van der Waals surface area contributed by atoms with Gasteiger partial charge in [-0.1, -0.05) is 0 Å². The van der Waals surface area contributed by atoms with Gasteiger partial charge in [-0.05, 0) is 43.9 Å². The lowest BCUT2D eigenvalue weighted by Gasteiger charge is -2.35. The maximum Gasteiger partial charge on any atom is 0.116 e.